The number of unbranched alkanes of at least 4 members (excludes halogenated alkanes) is 1. The molecule has 1 aliphatic heterocycles. The van der Waals surface area contributed by atoms with Crippen LogP contribution in [0.15, 0.2) is 73.0 Å². The van der Waals surface area contributed by atoms with Crippen LogP contribution in [0.2, 0.25) is 0 Å². The number of hydrogen-bond donors (Lipinski definition) is 1. The van der Waals surface area contributed by atoms with Crippen molar-refractivity contribution in [2.75, 3.05) is 17.2 Å². The number of carbonyl (C=O) groups excluding carboxylic acids is 1. The van der Waals surface area contributed by atoms with Crippen LogP contribution in [-0.2, 0) is 22.0 Å². The maximum atomic E-state index is 13.5. The first kappa shape index (κ1) is 32.7. The molecule has 2 fully saturated rings. The van der Waals surface area contributed by atoms with E-state index in [0.717, 1.165) is 55.5 Å². The summed E-state index contributed by atoms with van der Waals surface area (Å²) in [7, 11) is -4.26. The van der Waals surface area contributed by atoms with Gasteiger partial charge in [0.25, 0.3) is 0 Å². The summed E-state index contributed by atoms with van der Waals surface area (Å²) in [6, 6.07) is 11.8. The predicted octanol–water partition coefficient (Wildman–Crippen LogP) is 7.17. The Morgan fingerprint density at radius 3 is 2.65 bits per heavy atom. The van der Waals surface area contributed by atoms with E-state index in [1.807, 2.05) is 36.4 Å². The van der Waals surface area contributed by atoms with Crippen molar-refractivity contribution in [1.29, 1.82) is 0 Å². The molecule has 1 heterocycles. The van der Waals surface area contributed by atoms with Crippen molar-refractivity contribution in [3.05, 3.63) is 95.2 Å². The van der Waals surface area contributed by atoms with E-state index in [0.29, 0.717) is 42.0 Å². The highest BCUT2D eigenvalue weighted by Crippen LogP contribution is 2.61. The van der Waals surface area contributed by atoms with Crippen LogP contribution in [0, 0.1) is 17.3 Å². The van der Waals surface area contributed by atoms with Crippen LogP contribution in [0.3, 0.4) is 0 Å². The summed E-state index contributed by atoms with van der Waals surface area (Å²) >= 11 is 0. The quantitative estimate of drug-likeness (QED) is 0.101. The predicted molar refractivity (Wildman–Crippen MR) is 180 cm³/mol. The zero-order valence-corrected chi connectivity index (χ0v) is 28.0. The Morgan fingerprint density at radius 2 is 1.89 bits per heavy atom. The van der Waals surface area contributed by atoms with Gasteiger partial charge in [-0.15, -0.1) is 0 Å². The smallest absolute Gasteiger partial charge is 0.343 e. The Balaban J connectivity index is 1.20. The van der Waals surface area contributed by atoms with Crippen molar-refractivity contribution in [2.24, 2.45) is 17.3 Å². The van der Waals surface area contributed by atoms with Crippen molar-refractivity contribution in [3.8, 4) is 5.75 Å². The number of esters is 1. The van der Waals surface area contributed by atoms with Gasteiger partial charge in [0.15, 0.2) is 0 Å². The van der Waals surface area contributed by atoms with Crippen molar-refractivity contribution in [1.82, 2.24) is 0 Å². The number of benzene rings is 2. The topological polar surface area (TPSA) is 107 Å². The van der Waals surface area contributed by atoms with Crippen molar-refractivity contribution in [2.45, 2.75) is 89.6 Å². The number of aliphatic hydroxyl groups is 1. The van der Waals surface area contributed by atoms with Gasteiger partial charge in [-0.25, -0.2) is 13.2 Å². The second-order valence-corrected chi connectivity index (χ2v) is 16.0. The first-order valence-corrected chi connectivity index (χ1v) is 18.3. The fourth-order valence-corrected chi connectivity index (χ4v) is 9.64. The summed E-state index contributed by atoms with van der Waals surface area (Å²) in [5.41, 5.74) is 5.68. The molecule has 0 saturated heterocycles. The Labute approximate surface area is 273 Å². The molecule has 5 atom stereocenters. The molecule has 0 spiro atoms. The first-order valence-electron chi connectivity index (χ1n) is 16.7. The van der Waals surface area contributed by atoms with Crippen LogP contribution >= 0.6 is 0 Å². The van der Waals surface area contributed by atoms with E-state index in [1.54, 1.807) is 12.1 Å². The Bertz CT molecular complexity index is 1690. The third kappa shape index (κ3) is 6.00. The summed E-state index contributed by atoms with van der Waals surface area (Å²) in [5.74, 6) is 1.46. The van der Waals surface area contributed by atoms with Gasteiger partial charge in [0, 0.05) is 29.1 Å². The summed E-state index contributed by atoms with van der Waals surface area (Å²) < 4.78 is 39.4. The molecule has 2 aromatic carbocycles. The molecular weight excluding hydrogens is 598 g/mol. The minimum Gasteiger partial charge on any atom is -0.748 e. The molecular formula is C38H46NO6S-. The minimum absolute atomic E-state index is 0.0508. The van der Waals surface area contributed by atoms with Crippen LogP contribution in [0.1, 0.15) is 98.7 Å². The zero-order chi connectivity index (χ0) is 32.9. The van der Waals surface area contributed by atoms with E-state index in [2.05, 4.69) is 44.4 Å². The van der Waals surface area contributed by atoms with Crippen LogP contribution in [0.25, 0.3) is 0 Å². The number of anilines is 1. The number of rotatable bonds is 9. The zero-order valence-electron chi connectivity index (χ0n) is 27.2. The normalized spacial score (nSPS) is 28.9. The van der Waals surface area contributed by atoms with Crippen LogP contribution in [0.5, 0.6) is 5.75 Å². The third-order valence-corrected chi connectivity index (χ3v) is 12.3. The molecule has 1 N–H and O–H groups in total. The second-order valence-electron chi connectivity index (χ2n) is 14.5. The number of nitrogens with zero attached hydrogens (tertiary/aromatic N) is 1. The van der Waals surface area contributed by atoms with Gasteiger partial charge in [-0.2, -0.15) is 0 Å². The molecule has 46 heavy (non-hydrogen) atoms. The van der Waals surface area contributed by atoms with E-state index in [1.165, 1.54) is 11.1 Å². The molecule has 3 unspecified atom stereocenters. The number of fused-ring (bicyclic) bond motifs is 6. The molecule has 6 rings (SSSR count). The largest absolute Gasteiger partial charge is 0.748 e. The average Bonchev–Trinajstić information content (AvgIpc) is 3.43. The summed E-state index contributed by atoms with van der Waals surface area (Å²) in [6.45, 7) is 10.8. The lowest BCUT2D eigenvalue weighted by Crippen LogP contribution is -2.43. The van der Waals surface area contributed by atoms with Crippen LogP contribution < -0.4 is 9.64 Å². The van der Waals surface area contributed by atoms with Gasteiger partial charge in [-0.1, -0.05) is 51.6 Å². The Hall–Kier alpha value is -3.20. The molecule has 8 heteroatoms. The SMILES string of the molecule is C=C/C=C/C=C1\N(CCCCS(=O)(=O)[O-])c2ccc(C(=O)Oc3ccc4c(c3)CCC3C4CC[C@@]4(C)C3CC[C@@H]4O)cc2C1(C)C. The maximum Gasteiger partial charge on any atom is 0.343 e. The lowest BCUT2D eigenvalue weighted by Gasteiger charge is -2.50. The van der Waals surface area contributed by atoms with Gasteiger partial charge in [0.2, 0.25) is 0 Å². The second kappa shape index (κ2) is 12.4. The number of carbonyl (C=O) groups is 1. The molecule has 7 nitrogen and oxygen atoms in total. The van der Waals surface area contributed by atoms with Crippen LogP contribution in [-0.4, -0.2) is 42.4 Å². The number of ether oxygens (including phenoxy) is 1. The monoisotopic (exact) mass is 644 g/mol. The van der Waals surface area contributed by atoms with Gasteiger partial charge in [-0.3, -0.25) is 0 Å². The van der Waals surface area contributed by atoms with E-state index in [9.17, 15) is 22.9 Å². The molecule has 0 bridgehead atoms. The standard InChI is InChI=1S/C38H47NO6S/c1-5-6-7-10-34-37(2,3)32-24-26(12-17-33(32)39(34)21-8-9-22-46(42,43)44)36(41)45-27-13-15-28-25(23-27)11-14-30-29(28)19-20-38(4)31(30)16-18-35(38)40/h5-7,10,12-13,15,17,23-24,29-31,35,40H,1,8-9,11,14,16,18-22H2,2-4H3,(H,42,43,44)/p-1/b7-6+,34-10-/t29?,30?,31?,35-,38-/m0/s1. The van der Waals surface area contributed by atoms with E-state index >= 15 is 0 Å². The van der Waals surface area contributed by atoms with Gasteiger partial charge in [-0.05, 0) is 128 Å². The van der Waals surface area contributed by atoms with Crippen LogP contribution in [0.4, 0.5) is 5.69 Å². The Morgan fingerprint density at radius 1 is 1.09 bits per heavy atom. The number of allylic oxidation sites excluding steroid dienone is 5. The van der Waals surface area contributed by atoms with E-state index in [4.69, 9.17) is 4.74 Å². The van der Waals surface area contributed by atoms with Crippen molar-refractivity contribution >= 4 is 21.8 Å². The Kier molecular flexibility index (Phi) is 8.85. The number of hydrogen-bond acceptors (Lipinski definition) is 7. The maximum absolute atomic E-state index is 13.5. The van der Waals surface area contributed by atoms with Gasteiger partial charge in [0.05, 0.1) is 21.8 Å². The molecule has 0 amide bonds. The van der Waals surface area contributed by atoms with Crippen molar-refractivity contribution in [3.63, 3.8) is 0 Å². The average molecular weight is 645 g/mol. The molecule has 2 saturated carbocycles. The van der Waals surface area contributed by atoms with Gasteiger partial charge >= 0.3 is 5.97 Å². The van der Waals surface area contributed by atoms with Gasteiger partial charge in [0.1, 0.15) is 5.75 Å². The number of aliphatic hydroxyl groups excluding tert-OH is 1. The first-order chi connectivity index (χ1) is 21.8. The number of aryl methyl sites for hydroxylation is 1. The molecule has 0 aromatic heterocycles. The fourth-order valence-electron chi connectivity index (χ4n) is 9.08. The fraction of sp³-hybridized carbons (Fsp3) is 0.500. The van der Waals surface area contributed by atoms with E-state index in [-0.39, 0.29) is 23.7 Å². The highest BCUT2D eigenvalue weighted by Gasteiger charge is 2.54. The lowest BCUT2D eigenvalue weighted by atomic mass is 9.55. The highest BCUT2D eigenvalue weighted by atomic mass is 32.2. The van der Waals surface area contributed by atoms with E-state index < -0.39 is 21.5 Å². The molecule has 4 aliphatic rings. The molecule has 3 aliphatic carbocycles. The molecule has 246 valence electrons. The van der Waals surface area contributed by atoms with Crippen molar-refractivity contribution < 1.29 is 27.6 Å². The molecule has 2 aromatic rings. The minimum atomic E-state index is -4.26. The highest BCUT2D eigenvalue weighted by molar-refractivity contribution is 7.85. The summed E-state index contributed by atoms with van der Waals surface area (Å²) in [5, 5.41) is 10.7. The van der Waals surface area contributed by atoms with Gasteiger partial charge < -0.3 is 19.3 Å². The molecule has 0 radical (unpaired) electrons. The lowest BCUT2D eigenvalue weighted by molar-refractivity contribution is -0.0226. The summed E-state index contributed by atoms with van der Waals surface area (Å²) in [6.07, 6.45) is 14.4. The third-order valence-electron chi connectivity index (χ3n) is 11.5. The summed E-state index contributed by atoms with van der Waals surface area (Å²) in [4.78, 5) is 15.7.